The number of aromatic nitrogens is 4. The van der Waals surface area contributed by atoms with Gasteiger partial charge in [0.15, 0.2) is 11.5 Å². The van der Waals surface area contributed by atoms with Gasteiger partial charge in [-0.2, -0.15) is 13.2 Å². The van der Waals surface area contributed by atoms with Crippen molar-refractivity contribution in [1.82, 2.24) is 19.9 Å². The summed E-state index contributed by atoms with van der Waals surface area (Å²) in [5, 5.41) is 13.4. The first kappa shape index (κ1) is 23.3. The van der Waals surface area contributed by atoms with Crippen molar-refractivity contribution in [2.45, 2.75) is 39.1 Å². The molecule has 0 saturated heterocycles. The Hall–Kier alpha value is -3.41. The molecule has 2 heterocycles. The smallest absolute Gasteiger partial charge is 0.433 e. The van der Waals surface area contributed by atoms with Crippen LogP contribution in [0.15, 0.2) is 18.2 Å². The van der Waals surface area contributed by atoms with Crippen LogP contribution < -0.4 is 20.5 Å². The Morgan fingerprint density at radius 2 is 1.78 bits per heavy atom. The summed E-state index contributed by atoms with van der Waals surface area (Å²) in [6.45, 7) is 4.71. The van der Waals surface area contributed by atoms with Crippen molar-refractivity contribution in [3.05, 3.63) is 35.5 Å². The van der Waals surface area contributed by atoms with E-state index in [1.165, 1.54) is 7.11 Å². The second kappa shape index (κ2) is 8.61. The number of aryl methyl sites for hydroxylation is 1. The minimum atomic E-state index is -4.65. The van der Waals surface area contributed by atoms with Crippen LogP contribution >= 0.6 is 0 Å². The van der Waals surface area contributed by atoms with Crippen LogP contribution in [0.25, 0.3) is 10.9 Å². The van der Waals surface area contributed by atoms with Crippen molar-refractivity contribution in [1.29, 1.82) is 0 Å². The fraction of sp³-hybridized carbons (Fsp3) is 0.400. The lowest BCUT2D eigenvalue weighted by Gasteiger charge is -2.20. The van der Waals surface area contributed by atoms with E-state index in [4.69, 9.17) is 15.2 Å². The number of rotatable bonds is 7. The quantitative estimate of drug-likeness (QED) is 0.495. The molecule has 0 bridgehead atoms. The van der Waals surface area contributed by atoms with Crippen LogP contribution in [0, 0.1) is 6.92 Å². The van der Waals surface area contributed by atoms with Gasteiger partial charge in [0.2, 0.25) is 0 Å². The van der Waals surface area contributed by atoms with Crippen molar-refractivity contribution in [2.24, 2.45) is 0 Å². The highest BCUT2D eigenvalue weighted by molar-refractivity contribution is 5.91. The maximum atomic E-state index is 13.0. The molecule has 3 rings (SSSR count). The van der Waals surface area contributed by atoms with Crippen LogP contribution in [0.2, 0.25) is 0 Å². The zero-order chi connectivity index (χ0) is 23.7. The molecule has 0 atom stereocenters. The summed E-state index contributed by atoms with van der Waals surface area (Å²) in [5.74, 6) is 1.07. The number of methoxy groups -OCH3 is 1. The van der Waals surface area contributed by atoms with Crippen LogP contribution in [0.4, 0.5) is 24.8 Å². The molecule has 0 unspecified atom stereocenters. The number of halogens is 3. The van der Waals surface area contributed by atoms with Gasteiger partial charge in [-0.3, -0.25) is 0 Å². The number of hydrogen-bond acceptors (Lipinski definition) is 9. The minimum Gasteiger partial charge on any atom is -0.493 e. The van der Waals surface area contributed by atoms with Crippen LogP contribution in [0.1, 0.15) is 31.2 Å². The third-order valence-electron chi connectivity index (χ3n) is 4.17. The summed E-state index contributed by atoms with van der Waals surface area (Å²) < 4.78 is 50.1. The third-order valence-corrected chi connectivity index (χ3v) is 4.17. The molecule has 1 aromatic carbocycles. The molecule has 0 saturated carbocycles. The summed E-state index contributed by atoms with van der Waals surface area (Å²) in [6, 6.07) is 3.95. The summed E-state index contributed by atoms with van der Waals surface area (Å²) >= 11 is 0. The molecule has 4 N–H and O–H groups in total. The maximum Gasteiger partial charge on any atom is 0.433 e. The Morgan fingerprint density at radius 1 is 1.06 bits per heavy atom. The normalized spacial score (nSPS) is 12.1. The largest absolute Gasteiger partial charge is 0.493 e. The number of nitrogens with one attached hydrogen (secondary N) is 1. The van der Waals surface area contributed by atoms with E-state index in [0.29, 0.717) is 40.1 Å². The number of anilines is 2. The van der Waals surface area contributed by atoms with Gasteiger partial charge >= 0.3 is 6.18 Å². The first-order chi connectivity index (χ1) is 14.9. The molecule has 12 heteroatoms. The van der Waals surface area contributed by atoms with Gasteiger partial charge in [-0.1, -0.05) is 0 Å². The lowest BCUT2D eigenvalue weighted by molar-refractivity contribution is -0.141. The average Bonchev–Trinajstić information content (AvgIpc) is 2.68. The molecule has 0 aliphatic rings. The zero-order valence-electron chi connectivity index (χ0n) is 17.9. The summed E-state index contributed by atoms with van der Waals surface area (Å²) in [7, 11) is 1.47. The van der Waals surface area contributed by atoms with Crippen LogP contribution in [0.5, 0.6) is 11.5 Å². The van der Waals surface area contributed by atoms with Crippen molar-refractivity contribution < 1.29 is 27.8 Å². The fourth-order valence-electron chi connectivity index (χ4n) is 2.82. The number of benzene rings is 1. The van der Waals surface area contributed by atoms with Crippen LogP contribution in [-0.2, 0) is 12.7 Å². The Morgan fingerprint density at radius 3 is 2.41 bits per heavy atom. The van der Waals surface area contributed by atoms with Crippen molar-refractivity contribution in [2.75, 3.05) is 24.8 Å². The number of nitrogen functional groups attached to an aromatic ring is 1. The van der Waals surface area contributed by atoms with Gasteiger partial charge in [-0.25, -0.2) is 19.9 Å². The van der Waals surface area contributed by atoms with Gasteiger partial charge in [0.25, 0.3) is 0 Å². The predicted octanol–water partition coefficient (Wildman–Crippen LogP) is 3.10. The zero-order valence-corrected chi connectivity index (χ0v) is 17.9. The predicted molar refractivity (Wildman–Crippen MR) is 111 cm³/mol. The molecule has 172 valence electrons. The second-order valence-corrected chi connectivity index (χ2v) is 7.69. The SMILES string of the molecule is COc1cc2nc(C)nc(NCc3nc(N)cc(C(F)(F)F)n3)c2cc1OCC(C)(C)O. The van der Waals surface area contributed by atoms with Crippen LogP contribution in [0.3, 0.4) is 0 Å². The van der Waals surface area contributed by atoms with Gasteiger partial charge in [0, 0.05) is 17.5 Å². The van der Waals surface area contributed by atoms with Gasteiger partial charge in [0.1, 0.15) is 35.6 Å². The highest BCUT2D eigenvalue weighted by Gasteiger charge is 2.33. The molecule has 0 spiro atoms. The Balaban J connectivity index is 1.97. The monoisotopic (exact) mass is 452 g/mol. The van der Waals surface area contributed by atoms with E-state index in [1.54, 1.807) is 32.9 Å². The molecule has 0 aliphatic carbocycles. The van der Waals surface area contributed by atoms with Crippen molar-refractivity contribution in [3.8, 4) is 11.5 Å². The number of hydrogen-bond donors (Lipinski definition) is 3. The van der Waals surface area contributed by atoms with E-state index in [2.05, 4.69) is 25.3 Å². The van der Waals surface area contributed by atoms with E-state index >= 15 is 0 Å². The number of fused-ring (bicyclic) bond motifs is 1. The summed E-state index contributed by atoms with van der Waals surface area (Å²) in [4.78, 5) is 16.1. The van der Waals surface area contributed by atoms with E-state index in [9.17, 15) is 18.3 Å². The lowest BCUT2D eigenvalue weighted by Crippen LogP contribution is -2.28. The fourth-order valence-corrected chi connectivity index (χ4v) is 2.82. The molecule has 9 nitrogen and oxygen atoms in total. The van der Waals surface area contributed by atoms with Crippen LogP contribution in [-0.4, -0.2) is 44.4 Å². The number of nitrogens with two attached hydrogens (primary N) is 1. The van der Waals surface area contributed by atoms with E-state index in [1.807, 2.05) is 0 Å². The van der Waals surface area contributed by atoms with E-state index in [0.717, 1.165) is 0 Å². The van der Waals surface area contributed by atoms with E-state index in [-0.39, 0.29) is 24.8 Å². The summed E-state index contributed by atoms with van der Waals surface area (Å²) in [5.41, 5.74) is 3.82. The topological polar surface area (TPSA) is 128 Å². The molecule has 2 aromatic heterocycles. The minimum absolute atomic E-state index is 0.00168. The Labute approximate surface area is 181 Å². The molecule has 0 amide bonds. The number of nitrogens with zero attached hydrogens (tertiary/aromatic N) is 4. The molecule has 0 radical (unpaired) electrons. The number of ether oxygens (including phenoxy) is 2. The highest BCUT2D eigenvalue weighted by atomic mass is 19.4. The van der Waals surface area contributed by atoms with Crippen molar-refractivity contribution >= 4 is 22.5 Å². The molecular formula is C20H23F3N6O3. The number of alkyl halides is 3. The second-order valence-electron chi connectivity index (χ2n) is 7.69. The Kier molecular flexibility index (Phi) is 6.26. The maximum absolute atomic E-state index is 13.0. The molecule has 3 aromatic rings. The lowest BCUT2D eigenvalue weighted by atomic mass is 10.1. The van der Waals surface area contributed by atoms with Gasteiger partial charge in [0.05, 0.1) is 24.8 Å². The van der Waals surface area contributed by atoms with Gasteiger partial charge < -0.3 is 25.6 Å². The Bertz CT molecular complexity index is 1130. The molecule has 0 fully saturated rings. The van der Waals surface area contributed by atoms with Gasteiger partial charge in [-0.15, -0.1) is 0 Å². The average molecular weight is 452 g/mol. The number of aliphatic hydroxyl groups is 1. The standard InChI is InChI=1S/C20H23F3N6O3/c1-10-26-12-6-13(31-4)14(32-9-19(2,3)30)5-11(12)18(27-10)25-8-17-28-15(20(21,22)23)7-16(24)29-17/h5-7,30H,8-9H2,1-4H3,(H2,24,28,29)(H,25,26,27). The molecule has 32 heavy (non-hydrogen) atoms. The first-order valence-electron chi connectivity index (χ1n) is 9.52. The highest BCUT2D eigenvalue weighted by Crippen LogP contribution is 2.35. The van der Waals surface area contributed by atoms with Crippen molar-refractivity contribution in [3.63, 3.8) is 0 Å². The van der Waals surface area contributed by atoms with E-state index < -0.39 is 17.5 Å². The third kappa shape index (κ3) is 5.63. The summed E-state index contributed by atoms with van der Waals surface area (Å²) in [6.07, 6.45) is -4.65. The molecule has 0 aliphatic heterocycles. The van der Waals surface area contributed by atoms with Gasteiger partial charge in [-0.05, 0) is 26.8 Å². The first-order valence-corrected chi connectivity index (χ1v) is 9.52. The molecular weight excluding hydrogens is 429 g/mol.